The average molecular weight is 629 g/mol. The van der Waals surface area contributed by atoms with Crippen LogP contribution >= 0.6 is 0 Å². The second-order valence-corrected chi connectivity index (χ2v) is 11.1. The quantitative estimate of drug-likeness (QED) is 0.185. The predicted octanol–water partition coefficient (Wildman–Crippen LogP) is 0.944. The van der Waals surface area contributed by atoms with Gasteiger partial charge in [0.2, 0.25) is 0 Å². The first-order valence-corrected chi connectivity index (χ1v) is 14.2. The number of carboxylic acid groups (broad SMARTS) is 1. The second-order valence-electron chi connectivity index (χ2n) is 11.1. The molecule has 2 aliphatic rings. The molecule has 1 aliphatic heterocycles. The zero-order chi connectivity index (χ0) is 31.8. The van der Waals surface area contributed by atoms with Crippen molar-refractivity contribution in [2.45, 2.75) is 61.7 Å². The Morgan fingerprint density at radius 1 is 0.889 bits per heavy atom. The van der Waals surface area contributed by atoms with Crippen LogP contribution in [0.5, 0.6) is 0 Å². The van der Waals surface area contributed by atoms with E-state index in [1.165, 1.54) is 53.5 Å². The number of benzene rings is 2. The van der Waals surface area contributed by atoms with E-state index in [1.54, 1.807) is 12.1 Å². The summed E-state index contributed by atoms with van der Waals surface area (Å²) in [5.41, 5.74) is 1.38. The molecule has 238 valence electrons. The Morgan fingerprint density at radius 2 is 1.49 bits per heavy atom. The molecule has 3 heterocycles. The summed E-state index contributed by atoms with van der Waals surface area (Å²) in [6.07, 6.45) is -5.84. The molecule has 2 aromatic carbocycles. The Morgan fingerprint density at radius 3 is 2.07 bits per heavy atom. The van der Waals surface area contributed by atoms with Gasteiger partial charge in [-0.2, -0.15) is 0 Å². The van der Waals surface area contributed by atoms with Crippen molar-refractivity contribution in [1.29, 1.82) is 0 Å². The van der Waals surface area contributed by atoms with E-state index in [0.29, 0.717) is 16.8 Å². The van der Waals surface area contributed by atoms with Gasteiger partial charge in [-0.3, -0.25) is 4.79 Å². The van der Waals surface area contributed by atoms with Crippen molar-refractivity contribution in [3.05, 3.63) is 72.6 Å². The minimum absolute atomic E-state index is 0.0290. The smallest absolute Gasteiger partial charge is 0.306 e. The number of hydrogen-bond donors (Lipinski definition) is 5. The molecule has 6 unspecified atom stereocenters. The molecule has 2 fully saturated rings. The molecule has 1 saturated heterocycles. The highest BCUT2D eigenvalue weighted by atomic mass is 19.1. The van der Waals surface area contributed by atoms with Gasteiger partial charge in [0.15, 0.2) is 6.29 Å². The first-order valence-electron chi connectivity index (χ1n) is 14.2. The van der Waals surface area contributed by atoms with E-state index in [4.69, 9.17) is 9.47 Å². The van der Waals surface area contributed by atoms with E-state index >= 15 is 0 Å². The number of rotatable bonds is 8. The zero-order valence-corrected chi connectivity index (χ0v) is 23.5. The minimum Gasteiger partial charge on any atom is -0.481 e. The zero-order valence-electron chi connectivity index (χ0n) is 23.5. The lowest BCUT2D eigenvalue weighted by molar-refractivity contribution is -0.310. The summed E-state index contributed by atoms with van der Waals surface area (Å²) < 4.78 is 41.7. The molecular weight excluding hydrogens is 598 g/mol. The molecule has 4 aromatic rings. The number of halogens is 2. The summed E-state index contributed by atoms with van der Waals surface area (Å²) in [6.45, 7) is -0.675. The lowest BCUT2D eigenvalue weighted by atomic mass is 9.81. The van der Waals surface area contributed by atoms with Crippen LogP contribution in [0.1, 0.15) is 24.9 Å². The highest BCUT2D eigenvalue weighted by Gasteiger charge is 2.50. The van der Waals surface area contributed by atoms with Gasteiger partial charge in [-0.1, -0.05) is 34.7 Å². The van der Waals surface area contributed by atoms with Crippen LogP contribution in [0.2, 0.25) is 0 Å². The van der Waals surface area contributed by atoms with Crippen molar-refractivity contribution in [3.8, 4) is 22.5 Å². The van der Waals surface area contributed by atoms with Gasteiger partial charge in [0.25, 0.3) is 0 Å². The van der Waals surface area contributed by atoms with Gasteiger partial charge in [-0.15, -0.1) is 10.2 Å². The van der Waals surface area contributed by atoms with Gasteiger partial charge >= 0.3 is 5.97 Å². The molecule has 2 aromatic heterocycles. The van der Waals surface area contributed by atoms with Gasteiger partial charge in [0, 0.05) is 11.1 Å². The van der Waals surface area contributed by atoms with E-state index in [9.17, 15) is 39.1 Å². The summed E-state index contributed by atoms with van der Waals surface area (Å²) in [4.78, 5) is 12.1. The fraction of sp³-hybridized carbons (Fsp3) is 0.414. The van der Waals surface area contributed by atoms with Crippen molar-refractivity contribution in [1.82, 2.24) is 30.0 Å². The molecule has 45 heavy (non-hydrogen) atoms. The Kier molecular flexibility index (Phi) is 8.67. The van der Waals surface area contributed by atoms with Crippen LogP contribution in [0, 0.1) is 17.6 Å². The number of nitrogens with zero attached hydrogens (tertiary/aromatic N) is 6. The summed E-state index contributed by atoms with van der Waals surface area (Å²) in [5, 5.41) is 69.6. The van der Waals surface area contributed by atoms with Gasteiger partial charge in [0.1, 0.15) is 53.5 Å². The van der Waals surface area contributed by atoms with Crippen LogP contribution in [0.15, 0.2) is 60.9 Å². The van der Waals surface area contributed by atoms with Crippen molar-refractivity contribution >= 4 is 5.97 Å². The van der Waals surface area contributed by atoms with Crippen LogP contribution in [-0.2, 0) is 14.3 Å². The summed E-state index contributed by atoms with van der Waals surface area (Å²) in [5.74, 6) is -3.12. The van der Waals surface area contributed by atoms with Crippen molar-refractivity contribution < 1.29 is 48.6 Å². The van der Waals surface area contributed by atoms with Crippen LogP contribution in [0.4, 0.5) is 8.78 Å². The average Bonchev–Trinajstić information content (AvgIpc) is 3.70. The van der Waals surface area contributed by atoms with E-state index in [0.717, 1.165) is 4.68 Å². The van der Waals surface area contributed by atoms with E-state index < -0.39 is 79.0 Å². The van der Waals surface area contributed by atoms with Gasteiger partial charge in [-0.05, 0) is 37.1 Å². The predicted molar refractivity (Wildman–Crippen MR) is 148 cm³/mol. The van der Waals surface area contributed by atoms with Crippen LogP contribution in [0.25, 0.3) is 22.5 Å². The topological polar surface area (TPSA) is 198 Å². The number of carboxylic acids is 1. The summed E-state index contributed by atoms with van der Waals surface area (Å²) in [6, 6.07) is 9.07. The van der Waals surface area contributed by atoms with Crippen molar-refractivity contribution in [2.24, 2.45) is 5.92 Å². The molecule has 14 nitrogen and oxygen atoms in total. The lowest BCUT2D eigenvalue weighted by Gasteiger charge is -2.45. The van der Waals surface area contributed by atoms with E-state index in [1.807, 2.05) is 0 Å². The maximum atomic E-state index is 13.8. The number of aliphatic hydroxyl groups excluding tert-OH is 4. The van der Waals surface area contributed by atoms with Crippen LogP contribution in [-0.4, -0.2) is 105 Å². The van der Waals surface area contributed by atoms with Crippen molar-refractivity contribution in [2.75, 3.05) is 6.61 Å². The molecule has 1 aliphatic carbocycles. The van der Waals surface area contributed by atoms with E-state index in [2.05, 4.69) is 20.6 Å². The molecule has 9 atom stereocenters. The number of aliphatic hydroxyl groups is 4. The SMILES string of the molecule is O=C(O)C1CC(n2cc(-c3cccc(F)c3)nn2)C(O)[C@H](O[C@@H]2OC(CO)[C@H](O)C(n3cc(-c4cccc(F)c4)nn3)C2O)C1. The van der Waals surface area contributed by atoms with Crippen LogP contribution < -0.4 is 0 Å². The standard InChI is InChI=1S/C29H30F2N6O8/c30-17-5-1-3-14(7-17)19-11-36(34-32-19)21-9-16(28(42)43)10-22(25(21)39)44-29-27(41)24(26(40)23(13-38)45-29)37-12-20(33-35-37)15-4-2-6-18(31)8-15/h1-8,11-12,16,21-27,29,38-41H,9-10,13H2,(H,42,43)/t16?,21?,22-,23?,24?,25?,26+,27?,29-/m1/s1. The number of ether oxygens (including phenoxy) is 2. The molecule has 0 bridgehead atoms. The normalized spacial score (nSPS) is 30.3. The summed E-state index contributed by atoms with van der Waals surface area (Å²) >= 11 is 0. The van der Waals surface area contributed by atoms with Crippen LogP contribution in [0.3, 0.4) is 0 Å². The number of carbonyl (C=O) groups is 1. The molecule has 16 heteroatoms. The Balaban J connectivity index is 1.25. The second kappa shape index (κ2) is 12.7. The maximum Gasteiger partial charge on any atom is 0.306 e. The third-order valence-corrected chi connectivity index (χ3v) is 8.23. The first-order chi connectivity index (χ1) is 21.6. The fourth-order valence-electron chi connectivity index (χ4n) is 5.88. The highest BCUT2D eigenvalue weighted by molar-refractivity contribution is 5.70. The minimum atomic E-state index is -1.63. The fourth-order valence-corrected chi connectivity index (χ4v) is 5.88. The Labute approximate surface area is 254 Å². The highest BCUT2D eigenvalue weighted by Crippen LogP contribution is 2.38. The third kappa shape index (κ3) is 6.20. The Bertz CT molecular complexity index is 1650. The largest absolute Gasteiger partial charge is 0.481 e. The van der Waals surface area contributed by atoms with Gasteiger partial charge < -0.3 is 35.0 Å². The molecule has 0 amide bonds. The molecular formula is C29H30F2N6O8. The first kappa shape index (κ1) is 30.8. The molecule has 0 spiro atoms. The molecule has 1 saturated carbocycles. The van der Waals surface area contributed by atoms with Gasteiger partial charge in [0.05, 0.1) is 37.1 Å². The Hall–Kier alpha value is -4.19. The number of aliphatic carboxylic acids is 1. The number of hydrogen-bond acceptors (Lipinski definition) is 11. The maximum absolute atomic E-state index is 13.8. The number of aromatic nitrogens is 6. The summed E-state index contributed by atoms with van der Waals surface area (Å²) in [7, 11) is 0. The molecule has 0 radical (unpaired) electrons. The van der Waals surface area contributed by atoms with Crippen molar-refractivity contribution in [3.63, 3.8) is 0 Å². The molecule has 6 rings (SSSR count). The third-order valence-electron chi connectivity index (χ3n) is 8.23. The molecule has 5 N–H and O–H groups in total. The van der Waals surface area contributed by atoms with Gasteiger partial charge in [-0.25, -0.2) is 18.1 Å². The van der Waals surface area contributed by atoms with E-state index in [-0.39, 0.29) is 18.5 Å². The monoisotopic (exact) mass is 628 g/mol. The lowest BCUT2D eigenvalue weighted by Crippen LogP contribution is -2.58.